The van der Waals surface area contributed by atoms with Gasteiger partial charge in [-0.3, -0.25) is 4.90 Å². The van der Waals surface area contributed by atoms with E-state index in [0.717, 1.165) is 43.8 Å². The van der Waals surface area contributed by atoms with Gasteiger partial charge in [-0.05, 0) is 61.7 Å². The summed E-state index contributed by atoms with van der Waals surface area (Å²) < 4.78 is 18.5. The number of likely N-dealkylation sites (tertiary alicyclic amines) is 1. The first-order valence-corrected chi connectivity index (χ1v) is 8.00. The standard InChI is InChI=1S/C18H22FNO3/c19-15-3-1-13(2-4-15)18(22)14-7-9-20(10-8-14)11-16-5-6-17(12-21)23-16/h1-6,14,18,21-22H,7-12H2. The van der Waals surface area contributed by atoms with Crippen LogP contribution < -0.4 is 0 Å². The minimum absolute atomic E-state index is 0.0774. The van der Waals surface area contributed by atoms with Crippen molar-refractivity contribution in [3.63, 3.8) is 0 Å². The highest BCUT2D eigenvalue weighted by atomic mass is 19.1. The van der Waals surface area contributed by atoms with E-state index in [1.165, 1.54) is 12.1 Å². The number of piperidine rings is 1. The van der Waals surface area contributed by atoms with Crippen LogP contribution in [0.25, 0.3) is 0 Å². The summed E-state index contributed by atoms with van der Waals surface area (Å²) >= 11 is 0. The Morgan fingerprint density at radius 1 is 1.09 bits per heavy atom. The lowest BCUT2D eigenvalue weighted by Gasteiger charge is -2.33. The zero-order chi connectivity index (χ0) is 16.2. The molecule has 0 spiro atoms. The van der Waals surface area contributed by atoms with Gasteiger partial charge in [-0.15, -0.1) is 0 Å². The van der Waals surface area contributed by atoms with Crippen LogP contribution in [0.2, 0.25) is 0 Å². The van der Waals surface area contributed by atoms with E-state index >= 15 is 0 Å². The first-order valence-electron chi connectivity index (χ1n) is 8.00. The molecule has 4 nitrogen and oxygen atoms in total. The van der Waals surface area contributed by atoms with Crippen molar-refractivity contribution in [2.45, 2.75) is 32.1 Å². The maximum absolute atomic E-state index is 13.0. The van der Waals surface area contributed by atoms with Gasteiger partial charge >= 0.3 is 0 Å². The summed E-state index contributed by atoms with van der Waals surface area (Å²) in [5, 5.41) is 19.5. The van der Waals surface area contributed by atoms with Crippen molar-refractivity contribution in [3.05, 3.63) is 59.3 Å². The van der Waals surface area contributed by atoms with Crippen LogP contribution in [0, 0.1) is 11.7 Å². The summed E-state index contributed by atoms with van der Waals surface area (Å²) in [6.45, 7) is 2.42. The zero-order valence-corrected chi connectivity index (χ0v) is 13.0. The number of rotatable bonds is 5. The van der Waals surface area contributed by atoms with Crippen LogP contribution in [0.4, 0.5) is 4.39 Å². The van der Waals surface area contributed by atoms with Gasteiger partial charge in [0.2, 0.25) is 0 Å². The molecule has 1 aromatic heterocycles. The Hall–Kier alpha value is -1.69. The van der Waals surface area contributed by atoms with E-state index in [0.29, 0.717) is 5.76 Å². The van der Waals surface area contributed by atoms with Crippen molar-refractivity contribution < 1.29 is 19.0 Å². The molecule has 2 heterocycles. The summed E-state index contributed by atoms with van der Waals surface area (Å²) in [6, 6.07) is 9.79. The fourth-order valence-corrected chi connectivity index (χ4v) is 3.17. The quantitative estimate of drug-likeness (QED) is 0.890. The second-order valence-electron chi connectivity index (χ2n) is 6.14. The fraction of sp³-hybridized carbons (Fsp3) is 0.444. The van der Waals surface area contributed by atoms with Gasteiger partial charge in [0.1, 0.15) is 23.9 Å². The summed E-state index contributed by atoms with van der Waals surface area (Å²) in [5.74, 6) is 1.35. The van der Waals surface area contributed by atoms with Crippen molar-refractivity contribution >= 4 is 0 Å². The lowest BCUT2D eigenvalue weighted by molar-refractivity contribution is 0.0546. The number of benzene rings is 1. The number of hydrogen-bond donors (Lipinski definition) is 2. The van der Waals surface area contributed by atoms with Crippen molar-refractivity contribution in [1.82, 2.24) is 4.90 Å². The van der Waals surface area contributed by atoms with E-state index in [-0.39, 0.29) is 18.3 Å². The minimum atomic E-state index is -0.539. The van der Waals surface area contributed by atoms with E-state index < -0.39 is 6.10 Å². The average Bonchev–Trinajstić information content (AvgIpc) is 3.03. The Morgan fingerprint density at radius 2 is 1.74 bits per heavy atom. The maximum Gasteiger partial charge on any atom is 0.129 e. The number of halogens is 1. The number of nitrogens with zero attached hydrogens (tertiary/aromatic N) is 1. The van der Waals surface area contributed by atoms with Crippen molar-refractivity contribution in [3.8, 4) is 0 Å². The highest BCUT2D eigenvalue weighted by Crippen LogP contribution is 2.31. The average molecular weight is 319 g/mol. The van der Waals surface area contributed by atoms with Gasteiger partial charge in [-0.1, -0.05) is 12.1 Å². The van der Waals surface area contributed by atoms with Gasteiger partial charge in [0.25, 0.3) is 0 Å². The Kier molecular flexibility index (Phi) is 5.10. The maximum atomic E-state index is 13.0. The molecule has 1 aliphatic rings. The molecule has 1 saturated heterocycles. The molecule has 0 amide bonds. The molecule has 23 heavy (non-hydrogen) atoms. The first kappa shape index (κ1) is 16.2. The molecule has 0 aliphatic carbocycles. The third kappa shape index (κ3) is 3.99. The largest absolute Gasteiger partial charge is 0.462 e. The van der Waals surface area contributed by atoms with E-state index in [9.17, 15) is 9.50 Å². The molecule has 0 saturated carbocycles. The second kappa shape index (κ2) is 7.25. The minimum Gasteiger partial charge on any atom is -0.462 e. The summed E-state index contributed by atoms with van der Waals surface area (Å²) in [7, 11) is 0. The van der Waals surface area contributed by atoms with Crippen LogP contribution in [0.15, 0.2) is 40.8 Å². The van der Waals surface area contributed by atoms with Gasteiger partial charge in [0.15, 0.2) is 0 Å². The number of aliphatic hydroxyl groups is 2. The Balaban J connectivity index is 1.52. The Labute approximate surface area is 135 Å². The zero-order valence-electron chi connectivity index (χ0n) is 13.0. The third-order valence-corrected chi connectivity index (χ3v) is 4.54. The van der Waals surface area contributed by atoms with E-state index in [1.54, 1.807) is 18.2 Å². The van der Waals surface area contributed by atoms with E-state index in [4.69, 9.17) is 9.52 Å². The number of aliphatic hydroxyl groups excluding tert-OH is 2. The summed E-state index contributed by atoms with van der Waals surface area (Å²) in [4.78, 5) is 2.29. The summed E-state index contributed by atoms with van der Waals surface area (Å²) in [5.41, 5.74) is 0.781. The molecule has 1 fully saturated rings. The molecule has 0 bridgehead atoms. The van der Waals surface area contributed by atoms with Crippen molar-refractivity contribution in [2.75, 3.05) is 13.1 Å². The van der Waals surface area contributed by atoms with Crippen molar-refractivity contribution in [2.24, 2.45) is 5.92 Å². The van der Waals surface area contributed by atoms with Crippen LogP contribution in [-0.4, -0.2) is 28.2 Å². The Morgan fingerprint density at radius 3 is 2.35 bits per heavy atom. The molecule has 3 rings (SSSR count). The molecule has 1 aromatic carbocycles. The monoisotopic (exact) mass is 319 g/mol. The fourth-order valence-electron chi connectivity index (χ4n) is 3.17. The molecule has 1 unspecified atom stereocenters. The lowest BCUT2D eigenvalue weighted by Crippen LogP contribution is -2.35. The molecule has 2 N–H and O–H groups in total. The molecular formula is C18H22FNO3. The smallest absolute Gasteiger partial charge is 0.129 e. The van der Waals surface area contributed by atoms with Crippen molar-refractivity contribution in [1.29, 1.82) is 0 Å². The normalized spacial score (nSPS) is 18.2. The van der Waals surface area contributed by atoms with Gasteiger partial charge in [0, 0.05) is 0 Å². The van der Waals surface area contributed by atoms with Gasteiger partial charge < -0.3 is 14.6 Å². The topological polar surface area (TPSA) is 56.8 Å². The first-order chi connectivity index (χ1) is 11.2. The van der Waals surface area contributed by atoms with E-state index in [2.05, 4.69) is 4.90 Å². The van der Waals surface area contributed by atoms with E-state index in [1.807, 2.05) is 6.07 Å². The predicted octanol–water partition coefficient (Wildman–Crippen LogP) is 2.86. The molecule has 1 aliphatic heterocycles. The van der Waals surface area contributed by atoms with Crippen LogP contribution in [0.1, 0.15) is 36.0 Å². The highest BCUT2D eigenvalue weighted by Gasteiger charge is 2.26. The number of furan rings is 1. The predicted molar refractivity (Wildman–Crippen MR) is 84.0 cm³/mol. The van der Waals surface area contributed by atoms with Gasteiger partial charge in [-0.2, -0.15) is 0 Å². The molecule has 1 atom stereocenters. The SMILES string of the molecule is OCc1ccc(CN2CCC(C(O)c3ccc(F)cc3)CC2)o1. The lowest BCUT2D eigenvalue weighted by atomic mass is 9.87. The third-order valence-electron chi connectivity index (χ3n) is 4.54. The number of hydrogen-bond acceptors (Lipinski definition) is 4. The van der Waals surface area contributed by atoms with Crippen LogP contribution >= 0.6 is 0 Å². The Bertz CT molecular complexity index is 617. The van der Waals surface area contributed by atoms with Crippen LogP contribution in [-0.2, 0) is 13.2 Å². The van der Waals surface area contributed by atoms with Gasteiger partial charge in [0.05, 0.1) is 12.6 Å². The molecule has 124 valence electrons. The summed E-state index contributed by atoms with van der Waals surface area (Å²) in [6.07, 6.45) is 1.25. The van der Waals surface area contributed by atoms with Crippen LogP contribution in [0.5, 0.6) is 0 Å². The van der Waals surface area contributed by atoms with Gasteiger partial charge in [-0.25, -0.2) is 4.39 Å². The molecule has 0 radical (unpaired) electrons. The second-order valence-corrected chi connectivity index (χ2v) is 6.14. The highest BCUT2D eigenvalue weighted by molar-refractivity contribution is 5.19. The molecule has 5 heteroatoms. The molecular weight excluding hydrogens is 297 g/mol. The van der Waals surface area contributed by atoms with Crippen LogP contribution in [0.3, 0.4) is 0 Å². The molecule has 2 aromatic rings.